The van der Waals surface area contributed by atoms with Crippen LogP contribution in [0.2, 0.25) is 0 Å². The van der Waals surface area contributed by atoms with E-state index in [1.807, 2.05) is 0 Å². The number of aliphatic hydroxyl groups excluding tert-OH is 1. The number of halogens is 3. The molecule has 1 amide bonds. The largest absolute Gasteiger partial charge is 0.466 e. The highest BCUT2D eigenvalue weighted by molar-refractivity contribution is 8.02. The fraction of sp³-hybridized carbons (Fsp3) is 0.417. The highest BCUT2D eigenvalue weighted by atomic mass is 32.3. The van der Waals surface area contributed by atoms with Gasteiger partial charge in [0.05, 0.1) is 10.1 Å². The van der Waals surface area contributed by atoms with Crippen molar-refractivity contribution in [3.63, 3.8) is 0 Å². The number of esters is 2. The van der Waals surface area contributed by atoms with Crippen molar-refractivity contribution in [1.82, 2.24) is 4.72 Å². The number of amides is 1. The maximum absolute atomic E-state index is 12.5. The molecular weight excluding hydrogens is 375 g/mol. The van der Waals surface area contributed by atoms with E-state index in [0.717, 1.165) is 16.9 Å². The van der Waals surface area contributed by atoms with Gasteiger partial charge in [-0.15, -0.1) is 0 Å². The Hall–Kier alpha value is -2.41. The van der Waals surface area contributed by atoms with Crippen molar-refractivity contribution in [3.8, 4) is 0 Å². The summed E-state index contributed by atoms with van der Waals surface area (Å²) in [7, 11) is -5.46. The van der Waals surface area contributed by atoms with Gasteiger partial charge in [0.15, 0.2) is 6.10 Å². The van der Waals surface area contributed by atoms with E-state index in [1.165, 1.54) is 0 Å². The van der Waals surface area contributed by atoms with Crippen LogP contribution in [0.4, 0.5) is 18.0 Å². The fourth-order valence-corrected chi connectivity index (χ4v) is 1.81. The number of alkyl halides is 3. The maximum Gasteiger partial charge on any atom is 0.466 e. The molecule has 25 heavy (non-hydrogen) atoms. The number of ether oxygens (including phenoxy) is 3. The Kier molecular flexibility index (Phi) is 8.84. The molecule has 0 aromatic heterocycles. The summed E-state index contributed by atoms with van der Waals surface area (Å²) in [5.41, 5.74) is -5.38. The zero-order valence-electron chi connectivity index (χ0n) is 12.7. The SMILES string of the molecule is C=CC(=O)OCC(COC(=O)N[SH](=O)(CO)C(F)(F)F)OC(=O)C=C. The maximum atomic E-state index is 12.5. The van der Waals surface area contributed by atoms with Crippen LogP contribution in [0.1, 0.15) is 0 Å². The number of aliphatic hydroxyl groups is 1. The predicted molar refractivity (Wildman–Crippen MR) is 78.4 cm³/mol. The average Bonchev–Trinajstić information content (AvgIpc) is 2.55. The third-order valence-electron chi connectivity index (χ3n) is 2.31. The van der Waals surface area contributed by atoms with Crippen molar-refractivity contribution >= 4 is 28.2 Å². The average molecular weight is 391 g/mol. The van der Waals surface area contributed by atoms with Gasteiger partial charge in [0.1, 0.15) is 19.2 Å². The first-order valence-electron chi connectivity index (χ1n) is 6.33. The van der Waals surface area contributed by atoms with Crippen LogP contribution in [-0.4, -0.2) is 58.1 Å². The lowest BCUT2D eigenvalue weighted by Gasteiger charge is -2.25. The lowest BCUT2D eigenvalue weighted by Crippen LogP contribution is -2.49. The summed E-state index contributed by atoms with van der Waals surface area (Å²) < 4.78 is 63.4. The molecule has 0 radical (unpaired) electrons. The van der Waals surface area contributed by atoms with E-state index in [4.69, 9.17) is 5.11 Å². The van der Waals surface area contributed by atoms with Crippen LogP contribution in [0.5, 0.6) is 0 Å². The Morgan fingerprint density at radius 3 is 2.08 bits per heavy atom. The van der Waals surface area contributed by atoms with Crippen molar-refractivity contribution in [3.05, 3.63) is 25.3 Å². The van der Waals surface area contributed by atoms with Crippen molar-refractivity contribution in [2.24, 2.45) is 0 Å². The summed E-state index contributed by atoms with van der Waals surface area (Å²) in [6, 6.07) is 0. The molecule has 0 bridgehead atoms. The normalized spacial score (nSPS) is 13.1. The highest BCUT2D eigenvalue weighted by Crippen LogP contribution is 2.27. The van der Waals surface area contributed by atoms with Gasteiger partial charge in [-0.25, -0.2) is 14.4 Å². The van der Waals surface area contributed by atoms with Gasteiger partial charge >= 0.3 is 23.5 Å². The van der Waals surface area contributed by atoms with Crippen LogP contribution in [0, 0.1) is 0 Å². The summed E-state index contributed by atoms with van der Waals surface area (Å²) in [6.45, 7) is 4.77. The zero-order chi connectivity index (χ0) is 19.7. The Balaban J connectivity index is 4.79. The predicted octanol–water partition coefficient (Wildman–Crippen LogP) is -0.0591. The number of carbonyl (C=O) groups excluding carboxylic acids is 3. The molecule has 2 N–H and O–H groups in total. The van der Waals surface area contributed by atoms with Gasteiger partial charge in [-0.3, -0.25) is 8.93 Å². The lowest BCUT2D eigenvalue weighted by molar-refractivity contribution is -0.154. The molecule has 0 saturated heterocycles. The summed E-state index contributed by atoms with van der Waals surface area (Å²) in [4.78, 5) is 33.4. The van der Waals surface area contributed by atoms with Gasteiger partial charge in [0.25, 0.3) is 0 Å². The van der Waals surface area contributed by atoms with Crippen LogP contribution < -0.4 is 4.72 Å². The molecule has 1 unspecified atom stereocenters. The number of rotatable bonds is 9. The van der Waals surface area contributed by atoms with E-state index in [-0.39, 0.29) is 0 Å². The number of hydrogen-bond donors (Lipinski definition) is 3. The first-order valence-corrected chi connectivity index (χ1v) is 8.22. The quantitative estimate of drug-likeness (QED) is 0.216. The number of nitrogens with one attached hydrogen (secondary N) is 1. The molecule has 0 aliphatic carbocycles. The van der Waals surface area contributed by atoms with Crippen molar-refractivity contribution in [2.45, 2.75) is 11.6 Å². The number of hydrogen-bond acceptors (Lipinski definition) is 8. The molecular formula is C12H16F3NO8S. The minimum atomic E-state index is -5.46. The van der Waals surface area contributed by atoms with Crippen LogP contribution in [0.25, 0.3) is 0 Å². The first-order chi connectivity index (χ1) is 11.5. The lowest BCUT2D eigenvalue weighted by atomic mass is 10.4. The second-order valence-electron chi connectivity index (χ2n) is 4.16. The van der Waals surface area contributed by atoms with Crippen molar-refractivity contribution in [2.75, 3.05) is 19.2 Å². The van der Waals surface area contributed by atoms with E-state index in [0.29, 0.717) is 0 Å². The van der Waals surface area contributed by atoms with E-state index in [9.17, 15) is 31.8 Å². The third kappa shape index (κ3) is 7.80. The van der Waals surface area contributed by atoms with E-state index >= 15 is 0 Å². The van der Waals surface area contributed by atoms with E-state index < -0.39 is 58.9 Å². The van der Waals surface area contributed by atoms with Crippen LogP contribution in [-0.2, 0) is 33.9 Å². The second-order valence-corrected chi connectivity index (χ2v) is 6.65. The Morgan fingerprint density at radius 1 is 1.12 bits per heavy atom. The highest BCUT2D eigenvalue weighted by Gasteiger charge is 2.46. The van der Waals surface area contributed by atoms with E-state index in [2.05, 4.69) is 27.4 Å². The van der Waals surface area contributed by atoms with Gasteiger partial charge in [0, 0.05) is 12.2 Å². The molecule has 0 aliphatic rings. The van der Waals surface area contributed by atoms with Crippen molar-refractivity contribution < 1.29 is 51.1 Å². The van der Waals surface area contributed by atoms with Gasteiger partial charge in [0.2, 0.25) is 0 Å². The molecule has 0 aromatic carbocycles. The Morgan fingerprint density at radius 2 is 1.64 bits per heavy atom. The van der Waals surface area contributed by atoms with Crippen LogP contribution in [0.3, 0.4) is 0 Å². The molecule has 0 aliphatic heterocycles. The molecule has 0 rings (SSSR count). The van der Waals surface area contributed by atoms with Crippen LogP contribution in [0.15, 0.2) is 25.3 Å². The number of thiol groups is 1. The summed E-state index contributed by atoms with van der Waals surface area (Å²) in [6.07, 6.45) is -1.63. The van der Waals surface area contributed by atoms with Gasteiger partial charge in [-0.2, -0.15) is 13.2 Å². The van der Waals surface area contributed by atoms with E-state index in [1.54, 1.807) is 0 Å². The summed E-state index contributed by atoms with van der Waals surface area (Å²) in [5, 5.41) is 8.57. The minimum absolute atomic E-state index is 0.603. The van der Waals surface area contributed by atoms with Gasteiger partial charge < -0.3 is 19.3 Å². The first kappa shape index (κ1) is 22.6. The molecule has 0 heterocycles. The molecule has 9 nitrogen and oxygen atoms in total. The topological polar surface area (TPSA) is 128 Å². The molecule has 0 fully saturated rings. The standard InChI is InChI=1S/C12H16F3NO8S/c1-3-9(18)22-5-8(24-10(19)4-2)6-23-11(20)16-25(21,7-17)12(13,14)15/h3-4,8,17,25H,1-2,5-7H2,(H,16,20,21). The molecule has 0 saturated carbocycles. The Labute approximate surface area is 141 Å². The molecule has 13 heteroatoms. The van der Waals surface area contributed by atoms with Crippen molar-refractivity contribution in [1.29, 1.82) is 0 Å². The minimum Gasteiger partial charge on any atom is -0.458 e. The third-order valence-corrected chi connectivity index (χ3v) is 4.07. The zero-order valence-corrected chi connectivity index (χ0v) is 13.5. The van der Waals surface area contributed by atoms with Gasteiger partial charge in [-0.05, 0) is 0 Å². The Bertz CT molecular complexity index is 577. The van der Waals surface area contributed by atoms with Gasteiger partial charge in [-0.1, -0.05) is 13.2 Å². The second kappa shape index (κ2) is 9.78. The summed E-state index contributed by atoms with van der Waals surface area (Å²) >= 11 is 0. The van der Waals surface area contributed by atoms with Crippen LogP contribution >= 0.6 is 0 Å². The molecule has 1 atom stereocenters. The molecule has 144 valence electrons. The fourth-order valence-electron chi connectivity index (χ4n) is 1.09. The molecule has 0 aromatic rings. The summed E-state index contributed by atoms with van der Waals surface area (Å²) in [5.74, 6) is -3.75. The molecule has 0 spiro atoms. The smallest absolute Gasteiger partial charge is 0.458 e. The number of carbonyl (C=O) groups is 3. The monoisotopic (exact) mass is 391 g/mol.